The molecule has 1 amide bonds. The zero-order chi connectivity index (χ0) is 19.3. The number of nitrogens with one attached hydrogen (secondary N) is 1. The van der Waals surface area contributed by atoms with E-state index in [0.29, 0.717) is 28.3 Å². The van der Waals surface area contributed by atoms with Crippen LogP contribution >= 0.6 is 23.1 Å². The van der Waals surface area contributed by atoms with E-state index in [1.165, 1.54) is 16.3 Å². The van der Waals surface area contributed by atoms with Gasteiger partial charge in [-0.3, -0.25) is 19.1 Å². The van der Waals surface area contributed by atoms with Crippen LogP contribution in [-0.2, 0) is 11.3 Å². The van der Waals surface area contributed by atoms with Crippen molar-refractivity contribution < 1.29 is 4.79 Å². The Morgan fingerprint density at radius 2 is 2.04 bits per heavy atom. The van der Waals surface area contributed by atoms with Gasteiger partial charge in [-0.25, -0.2) is 4.98 Å². The molecular weight excluding hydrogens is 392 g/mol. The van der Waals surface area contributed by atoms with E-state index in [2.05, 4.69) is 15.3 Å². The van der Waals surface area contributed by atoms with Gasteiger partial charge in [-0.2, -0.15) is 0 Å². The molecule has 3 heterocycles. The van der Waals surface area contributed by atoms with Crippen LogP contribution in [0.2, 0.25) is 0 Å². The predicted octanol–water partition coefficient (Wildman–Crippen LogP) is 3.25. The third kappa shape index (κ3) is 3.97. The maximum absolute atomic E-state index is 13.1. The molecule has 0 spiro atoms. The van der Waals surface area contributed by atoms with Crippen LogP contribution in [0.5, 0.6) is 0 Å². The van der Waals surface area contributed by atoms with Crippen molar-refractivity contribution in [2.24, 2.45) is 0 Å². The molecule has 1 aromatic carbocycles. The smallest absolute Gasteiger partial charge is 0.266 e. The van der Waals surface area contributed by atoms with Gasteiger partial charge in [0.15, 0.2) is 5.16 Å². The number of carbonyl (C=O) groups is 1. The van der Waals surface area contributed by atoms with Crippen molar-refractivity contribution in [3.63, 3.8) is 0 Å². The van der Waals surface area contributed by atoms with Gasteiger partial charge in [0, 0.05) is 11.1 Å². The molecule has 0 saturated carbocycles. The number of rotatable bonds is 6. The number of hydrogen-bond donors (Lipinski definition) is 1. The first-order valence-corrected chi connectivity index (χ1v) is 10.4. The van der Waals surface area contributed by atoms with Crippen LogP contribution in [0.4, 0.5) is 0 Å². The van der Waals surface area contributed by atoms with Crippen molar-refractivity contribution in [2.45, 2.75) is 11.7 Å². The zero-order valence-electron chi connectivity index (χ0n) is 14.7. The van der Waals surface area contributed by atoms with Gasteiger partial charge in [-0.15, -0.1) is 11.3 Å². The molecule has 0 radical (unpaired) electrons. The molecule has 1 N–H and O–H groups in total. The second-order valence-corrected chi connectivity index (χ2v) is 7.88. The van der Waals surface area contributed by atoms with Crippen molar-refractivity contribution in [2.75, 3.05) is 5.75 Å². The summed E-state index contributed by atoms with van der Waals surface area (Å²) in [6.45, 7) is 0.498. The Balaban J connectivity index is 1.62. The standard InChI is InChI=1S/C20H16N4O2S2/c25-18(22-12-15-6-4-10-27-15)13-28-20-23-17-8-2-1-7-16(17)19(26)24(20)14-5-3-9-21-11-14/h1-11H,12-13H2,(H,22,25). The van der Waals surface area contributed by atoms with Gasteiger partial charge in [0.1, 0.15) is 0 Å². The Morgan fingerprint density at radius 1 is 1.14 bits per heavy atom. The monoisotopic (exact) mass is 408 g/mol. The number of hydrogen-bond acceptors (Lipinski definition) is 6. The number of thiophene rings is 1. The Kier molecular flexibility index (Phi) is 5.50. The largest absolute Gasteiger partial charge is 0.350 e. The molecular formula is C20H16N4O2S2. The fourth-order valence-corrected chi connectivity index (χ4v) is 4.19. The lowest BCUT2D eigenvalue weighted by atomic mass is 10.2. The van der Waals surface area contributed by atoms with E-state index >= 15 is 0 Å². The molecule has 3 aromatic heterocycles. The predicted molar refractivity (Wildman–Crippen MR) is 112 cm³/mol. The second-order valence-electron chi connectivity index (χ2n) is 5.91. The van der Waals surface area contributed by atoms with Crippen LogP contribution < -0.4 is 10.9 Å². The Bertz CT molecular complexity index is 1160. The second kappa shape index (κ2) is 8.37. The van der Waals surface area contributed by atoms with Gasteiger partial charge in [0.05, 0.1) is 35.1 Å². The molecule has 0 atom stereocenters. The van der Waals surface area contributed by atoms with E-state index in [4.69, 9.17) is 0 Å². The third-order valence-electron chi connectivity index (χ3n) is 4.02. The highest BCUT2D eigenvalue weighted by molar-refractivity contribution is 7.99. The number of benzene rings is 1. The van der Waals surface area contributed by atoms with Crippen LogP contribution in [-0.4, -0.2) is 26.2 Å². The van der Waals surface area contributed by atoms with Gasteiger partial charge in [0.25, 0.3) is 5.56 Å². The third-order valence-corrected chi connectivity index (χ3v) is 5.84. The lowest BCUT2D eigenvalue weighted by molar-refractivity contribution is -0.118. The van der Waals surface area contributed by atoms with E-state index in [9.17, 15) is 9.59 Å². The first-order chi connectivity index (χ1) is 13.7. The van der Waals surface area contributed by atoms with Gasteiger partial charge in [-0.05, 0) is 35.7 Å². The fraction of sp³-hybridized carbons (Fsp3) is 0.100. The van der Waals surface area contributed by atoms with Crippen LogP contribution in [0, 0.1) is 0 Å². The lowest BCUT2D eigenvalue weighted by Crippen LogP contribution is -2.26. The molecule has 0 aliphatic carbocycles. The molecule has 140 valence electrons. The Morgan fingerprint density at radius 3 is 2.82 bits per heavy atom. The van der Waals surface area contributed by atoms with Crippen molar-refractivity contribution in [3.8, 4) is 5.69 Å². The van der Waals surface area contributed by atoms with Crippen molar-refractivity contribution in [1.82, 2.24) is 19.9 Å². The zero-order valence-corrected chi connectivity index (χ0v) is 16.4. The summed E-state index contributed by atoms with van der Waals surface area (Å²) in [5.41, 5.74) is 1.04. The number of thioether (sulfide) groups is 1. The summed E-state index contributed by atoms with van der Waals surface area (Å²) in [5.74, 6) is 0.0507. The number of para-hydroxylation sites is 1. The molecule has 4 rings (SSSR count). The van der Waals surface area contributed by atoms with Crippen molar-refractivity contribution in [3.05, 3.63) is 81.5 Å². The highest BCUT2D eigenvalue weighted by atomic mass is 32.2. The number of pyridine rings is 1. The molecule has 6 nitrogen and oxygen atoms in total. The van der Waals surface area contributed by atoms with Gasteiger partial charge in [0.2, 0.25) is 5.91 Å². The summed E-state index contributed by atoms with van der Waals surface area (Å²) < 4.78 is 1.51. The summed E-state index contributed by atoms with van der Waals surface area (Å²) in [6, 6.07) is 14.7. The van der Waals surface area contributed by atoms with Gasteiger partial charge < -0.3 is 5.32 Å². The normalized spacial score (nSPS) is 10.9. The molecule has 0 bridgehead atoms. The molecule has 8 heteroatoms. The summed E-state index contributed by atoms with van der Waals surface area (Å²) in [6.07, 6.45) is 3.26. The average Bonchev–Trinajstić information content (AvgIpc) is 3.25. The molecule has 0 unspecified atom stereocenters. The number of carbonyl (C=O) groups excluding carboxylic acids is 1. The minimum Gasteiger partial charge on any atom is -0.350 e. The summed E-state index contributed by atoms with van der Waals surface area (Å²) in [7, 11) is 0. The van der Waals surface area contributed by atoms with Crippen molar-refractivity contribution >= 4 is 39.9 Å². The molecule has 0 aliphatic heterocycles. The van der Waals surface area contributed by atoms with E-state index < -0.39 is 0 Å². The van der Waals surface area contributed by atoms with Crippen LogP contribution in [0.25, 0.3) is 16.6 Å². The van der Waals surface area contributed by atoms with Gasteiger partial charge in [-0.1, -0.05) is 30.0 Å². The molecule has 0 saturated heterocycles. The van der Waals surface area contributed by atoms with Crippen LogP contribution in [0.1, 0.15) is 4.88 Å². The SMILES string of the molecule is O=C(CSc1nc2ccccc2c(=O)n1-c1cccnc1)NCc1cccs1. The first kappa shape index (κ1) is 18.4. The maximum Gasteiger partial charge on any atom is 0.266 e. The van der Waals surface area contributed by atoms with Gasteiger partial charge >= 0.3 is 0 Å². The quantitative estimate of drug-likeness (QED) is 0.391. The topological polar surface area (TPSA) is 76.9 Å². The minimum atomic E-state index is -0.180. The Labute approximate surface area is 169 Å². The number of aromatic nitrogens is 3. The fourth-order valence-electron chi connectivity index (χ4n) is 2.70. The highest BCUT2D eigenvalue weighted by Crippen LogP contribution is 2.21. The number of fused-ring (bicyclic) bond motifs is 1. The minimum absolute atomic E-state index is 0.112. The van der Waals surface area contributed by atoms with Crippen molar-refractivity contribution in [1.29, 1.82) is 0 Å². The average molecular weight is 409 g/mol. The lowest BCUT2D eigenvalue weighted by Gasteiger charge is -2.12. The van der Waals surface area contributed by atoms with Crippen LogP contribution in [0.15, 0.2) is 76.3 Å². The van der Waals surface area contributed by atoms with E-state index in [-0.39, 0.29) is 17.2 Å². The maximum atomic E-state index is 13.1. The first-order valence-electron chi connectivity index (χ1n) is 8.56. The summed E-state index contributed by atoms with van der Waals surface area (Å²) >= 11 is 2.83. The summed E-state index contributed by atoms with van der Waals surface area (Å²) in [5, 5.41) is 5.85. The van der Waals surface area contributed by atoms with E-state index in [0.717, 1.165) is 4.88 Å². The van der Waals surface area contributed by atoms with E-state index in [1.807, 2.05) is 29.6 Å². The molecule has 0 aliphatic rings. The van der Waals surface area contributed by atoms with Crippen LogP contribution in [0.3, 0.4) is 0 Å². The molecule has 4 aromatic rings. The van der Waals surface area contributed by atoms with E-state index in [1.54, 1.807) is 48.0 Å². The summed E-state index contributed by atoms with van der Waals surface area (Å²) in [4.78, 5) is 35.1. The highest BCUT2D eigenvalue weighted by Gasteiger charge is 2.14. The molecule has 0 fully saturated rings. The number of nitrogens with zero attached hydrogens (tertiary/aromatic N) is 3. The number of amides is 1. The molecule has 28 heavy (non-hydrogen) atoms. The Hall–Kier alpha value is -2.97.